The van der Waals surface area contributed by atoms with Crippen molar-refractivity contribution in [3.8, 4) is 6.07 Å². The zero-order valence-corrected chi connectivity index (χ0v) is 23.3. The normalized spacial score (nSPS) is 15.6. The van der Waals surface area contributed by atoms with Gasteiger partial charge in [0.2, 0.25) is 5.91 Å². The van der Waals surface area contributed by atoms with E-state index < -0.39 is 23.1 Å². The minimum atomic E-state index is -0.688. The van der Waals surface area contributed by atoms with E-state index in [4.69, 9.17) is 9.47 Å². The molecule has 0 aliphatic carbocycles. The Labute approximate surface area is 241 Å². The third-order valence-corrected chi connectivity index (χ3v) is 7.32. The van der Waals surface area contributed by atoms with Crippen LogP contribution in [0.4, 0.5) is 11.4 Å². The molecule has 1 fully saturated rings. The fraction of sp³-hybridized carbons (Fsp3) is 0.194. The summed E-state index contributed by atoms with van der Waals surface area (Å²) in [5.74, 6) is -1.87. The molecule has 3 aromatic carbocycles. The zero-order valence-electron chi connectivity index (χ0n) is 22.5. The number of nitrogens with zero attached hydrogens (tertiary/aromatic N) is 2. The monoisotopic (exact) mass is 569 g/mol. The van der Waals surface area contributed by atoms with Crippen LogP contribution >= 0.6 is 11.8 Å². The largest absolute Gasteiger partial charge is 0.462 e. The lowest BCUT2D eigenvalue weighted by Crippen LogP contribution is -2.30. The summed E-state index contributed by atoms with van der Waals surface area (Å²) in [4.78, 5) is 52.2. The first-order valence-electron chi connectivity index (χ1n) is 12.9. The molecule has 9 nitrogen and oxygen atoms in total. The Hall–Kier alpha value is -4.88. The molecular weight excluding hydrogens is 542 g/mol. The number of hydrogen-bond donors (Lipinski definition) is 1. The van der Waals surface area contributed by atoms with Crippen LogP contribution in [0, 0.1) is 11.3 Å². The maximum Gasteiger partial charge on any atom is 0.338 e. The van der Waals surface area contributed by atoms with Crippen molar-refractivity contribution < 1.29 is 28.7 Å². The Bertz CT molecular complexity index is 1510. The summed E-state index contributed by atoms with van der Waals surface area (Å²) >= 11 is 1.14. The molecule has 1 atom stereocenters. The summed E-state index contributed by atoms with van der Waals surface area (Å²) in [6.45, 7) is 3.95. The van der Waals surface area contributed by atoms with Gasteiger partial charge in [0.05, 0.1) is 29.6 Å². The van der Waals surface area contributed by atoms with Crippen LogP contribution in [-0.2, 0) is 25.5 Å². The van der Waals surface area contributed by atoms with Crippen molar-refractivity contribution in [1.82, 2.24) is 0 Å². The molecular formula is C31H27N3O6S. The van der Waals surface area contributed by atoms with Gasteiger partial charge in [-0.05, 0) is 74.4 Å². The van der Waals surface area contributed by atoms with Crippen LogP contribution in [0.25, 0.3) is 0 Å². The predicted octanol–water partition coefficient (Wildman–Crippen LogP) is 5.10. The molecule has 0 bridgehead atoms. The summed E-state index contributed by atoms with van der Waals surface area (Å²) in [6.07, 6.45) is 0.315. The Kier molecular flexibility index (Phi) is 9.55. The molecule has 1 unspecified atom stereocenters. The van der Waals surface area contributed by atoms with Crippen LogP contribution in [0.15, 0.2) is 89.5 Å². The SMILES string of the molecule is CCOC(=O)c1ccc(CC2SC(=C(C#N)C(=O)Nc3ccc(C(=O)OCC)cc3)N(c3ccccc3)C2=O)cc1. The highest BCUT2D eigenvalue weighted by Crippen LogP contribution is 2.42. The first kappa shape index (κ1) is 29.1. The van der Waals surface area contributed by atoms with Crippen molar-refractivity contribution in [1.29, 1.82) is 5.26 Å². The molecule has 1 saturated heterocycles. The number of amides is 2. The van der Waals surface area contributed by atoms with Crippen molar-refractivity contribution in [2.45, 2.75) is 25.5 Å². The summed E-state index contributed by atoms with van der Waals surface area (Å²) < 4.78 is 10.0. The van der Waals surface area contributed by atoms with E-state index in [1.165, 1.54) is 29.2 Å². The maximum absolute atomic E-state index is 13.6. The number of carbonyl (C=O) groups is 4. The summed E-state index contributed by atoms with van der Waals surface area (Å²) in [5, 5.41) is 12.3. The Balaban J connectivity index is 1.60. The first-order valence-corrected chi connectivity index (χ1v) is 13.8. The number of esters is 2. The molecule has 0 radical (unpaired) electrons. The van der Waals surface area contributed by atoms with Crippen molar-refractivity contribution in [3.63, 3.8) is 0 Å². The van der Waals surface area contributed by atoms with Gasteiger partial charge < -0.3 is 14.8 Å². The second kappa shape index (κ2) is 13.5. The highest BCUT2D eigenvalue weighted by atomic mass is 32.2. The summed E-state index contributed by atoms with van der Waals surface area (Å²) in [7, 11) is 0. The molecule has 4 rings (SSSR count). The van der Waals surface area contributed by atoms with Crippen LogP contribution in [0.3, 0.4) is 0 Å². The maximum atomic E-state index is 13.6. The van der Waals surface area contributed by atoms with E-state index in [0.717, 1.165) is 17.3 Å². The second-order valence-electron chi connectivity index (χ2n) is 8.78. The highest BCUT2D eigenvalue weighted by Gasteiger charge is 2.40. The lowest BCUT2D eigenvalue weighted by atomic mass is 10.1. The van der Waals surface area contributed by atoms with Crippen LogP contribution < -0.4 is 10.2 Å². The van der Waals surface area contributed by atoms with E-state index >= 15 is 0 Å². The molecule has 2 amide bonds. The van der Waals surface area contributed by atoms with E-state index in [2.05, 4.69) is 5.32 Å². The lowest BCUT2D eigenvalue weighted by molar-refractivity contribution is -0.117. The molecule has 208 valence electrons. The number of carbonyl (C=O) groups excluding carboxylic acids is 4. The van der Waals surface area contributed by atoms with E-state index in [0.29, 0.717) is 28.9 Å². The zero-order chi connectivity index (χ0) is 29.4. The van der Waals surface area contributed by atoms with E-state index in [1.807, 2.05) is 6.07 Å². The fourth-order valence-electron chi connectivity index (χ4n) is 4.10. The van der Waals surface area contributed by atoms with Crippen molar-refractivity contribution in [3.05, 3.63) is 106 Å². The van der Waals surface area contributed by atoms with Crippen LogP contribution in [0.1, 0.15) is 40.1 Å². The number of ether oxygens (including phenoxy) is 2. The molecule has 3 aromatic rings. The van der Waals surface area contributed by atoms with Crippen LogP contribution in [-0.4, -0.2) is 42.2 Å². The van der Waals surface area contributed by atoms with Gasteiger partial charge in [0.15, 0.2) is 0 Å². The van der Waals surface area contributed by atoms with Gasteiger partial charge in [-0.3, -0.25) is 14.5 Å². The third kappa shape index (κ3) is 6.83. The fourth-order valence-corrected chi connectivity index (χ4v) is 5.41. The number of hydrogen-bond acceptors (Lipinski definition) is 8. The van der Waals surface area contributed by atoms with Crippen LogP contribution in [0.2, 0.25) is 0 Å². The van der Waals surface area contributed by atoms with Gasteiger partial charge in [-0.1, -0.05) is 42.1 Å². The van der Waals surface area contributed by atoms with E-state index in [9.17, 15) is 24.4 Å². The van der Waals surface area contributed by atoms with Crippen molar-refractivity contribution in [2.24, 2.45) is 0 Å². The van der Waals surface area contributed by atoms with Crippen molar-refractivity contribution >= 4 is 46.9 Å². The van der Waals surface area contributed by atoms with E-state index in [-0.39, 0.29) is 29.7 Å². The lowest BCUT2D eigenvalue weighted by Gasteiger charge is -2.18. The van der Waals surface area contributed by atoms with Gasteiger partial charge in [0.25, 0.3) is 5.91 Å². The van der Waals surface area contributed by atoms with Crippen molar-refractivity contribution in [2.75, 3.05) is 23.4 Å². The number of para-hydroxylation sites is 1. The minimum Gasteiger partial charge on any atom is -0.462 e. The molecule has 41 heavy (non-hydrogen) atoms. The second-order valence-corrected chi connectivity index (χ2v) is 9.97. The van der Waals surface area contributed by atoms with Gasteiger partial charge in [0.1, 0.15) is 16.7 Å². The first-order chi connectivity index (χ1) is 19.9. The Morgan fingerprint density at radius 2 is 1.44 bits per heavy atom. The minimum absolute atomic E-state index is 0.220. The molecule has 0 spiro atoms. The van der Waals surface area contributed by atoms with Crippen LogP contribution in [0.5, 0.6) is 0 Å². The average Bonchev–Trinajstić information content (AvgIpc) is 3.29. The number of nitriles is 1. The third-order valence-electron chi connectivity index (χ3n) is 6.06. The quantitative estimate of drug-likeness (QED) is 0.214. The molecule has 10 heteroatoms. The summed E-state index contributed by atoms with van der Waals surface area (Å²) in [6, 6.07) is 23.7. The number of anilines is 2. The van der Waals surface area contributed by atoms with Gasteiger partial charge in [0, 0.05) is 11.4 Å². The number of thioether (sulfide) groups is 1. The average molecular weight is 570 g/mol. The topological polar surface area (TPSA) is 126 Å². The molecule has 1 aliphatic heterocycles. The number of nitrogens with one attached hydrogen (secondary N) is 1. The molecule has 1 N–H and O–H groups in total. The Morgan fingerprint density at radius 3 is 1.98 bits per heavy atom. The van der Waals surface area contributed by atoms with E-state index in [1.54, 1.807) is 68.4 Å². The molecule has 0 saturated carbocycles. The highest BCUT2D eigenvalue weighted by molar-refractivity contribution is 8.05. The van der Waals surface area contributed by atoms with Gasteiger partial charge in [-0.15, -0.1) is 0 Å². The summed E-state index contributed by atoms with van der Waals surface area (Å²) in [5.41, 5.74) is 2.22. The smallest absolute Gasteiger partial charge is 0.338 e. The Morgan fingerprint density at radius 1 is 0.878 bits per heavy atom. The predicted molar refractivity (Wildman–Crippen MR) is 155 cm³/mol. The molecule has 1 heterocycles. The van der Waals surface area contributed by atoms with Gasteiger partial charge in [-0.2, -0.15) is 5.26 Å². The number of rotatable bonds is 9. The standard InChI is InChI=1S/C31H27N3O6S/c1-3-39-30(37)21-12-10-20(11-13-21)18-26-28(36)34(24-8-6-5-7-9-24)29(41-26)25(19-32)27(35)33-23-16-14-22(15-17-23)31(38)40-4-2/h5-17,26H,3-4,18H2,1-2H3,(H,33,35). The number of benzene rings is 3. The van der Waals surface area contributed by atoms with Gasteiger partial charge in [-0.25, -0.2) is 9.59 Å². The molecule has 1 aliphatic rings. The molecule has 0 aromatic heterocycles. The van der Waals surface area contributed by atoms with Gasteiger partial charge >= 0.3 is 11.9 Å².